The van der Waals surface area contributed by atoms with Gasteiger partial charge in [-0.3, -0.25) is 0 Å². The van der Waals surface area contributed by atoms with E-state index in [9.17, 15) is 4.39 Å². The highest BCUT2D eigenvalue weighted by Crippen LogP contribution is 2.26. The van der Waals surface area contributed by atoms with E-state index in [1.54, 1.807) is 12.1 Å². The zero-order chi connectivity index (χ0) is 13.1. The van der Waals surface area contributed by atoms with Crippen LogP contribution in [-0.4, -0.2) is 10.1 Å². The Labute approximate surface area is 105 Å². The number of aliphatic hydroxyl groups excluding tert-OH is 1. The van der Waals surface area contributed by atoms with Gasteiger partial charge in [0.25, 0.3) is 0 Å². The molecule has 0 amide bonds. The van der Waals surface area contributed by atoms with Crippen LogP contribution in [0.1, 0.15) is 16.7 Å². The van der Waals surface area contributed by atoms with Crippen LogP contribution >= 0.6 is 0 Å². The smallest absolute Gasteiger partial charge is 0.222 e. The molecule has 1 aromatic carbocycles. The van der Waals surface area contributed by atoms with Crippen molar-refractivity contribution in [3.8, 4) is 11.6 Å². The van der Waals surface area contributed by atoms with Gasteiger partial charge in [0, 0.05) is 17.8 Å². The first kappa shape index (κ1) is 12.5. The third kappa shape index (κ3) is 2.65. The van der Waals surface area contributed by atoms with Crippen molar-refractivity contribution in [3.05, 3.63) is 53.0 Å². The van der Waals surface area contributed by atoms with Crippen molar-refractivity contribution < 1.29 is 14.2 Å². The second kappa shape index (κ2) is 5.14. The number of pyridine rings is 1. The number of benzene rings is 1. The lowest BCUT2D eigenvalue weighted by atomic mass is 10.2. The van der Waals surface area contributed by atoms with Gasteiger partial charge in [0.2, 0.25) is 5.88 Å². The van der Waals surface area contributed by atoms with E-state index in [4.69, 9.17) is 9.84 Å². The van der Waals surface area contributed by atoms with E-state index in [1.807, 2.05) is 13.8 Å². The fourth-order valence-electron chi connectivity index (χ4n) is 1.60. The van der Waals surface area contributed by atoms with Crippen molar-refractivity contribution in [2.24, 2.45) is 0 Å². The molecule has 0 bridgehead atoms. The number of ether oxygens (including phenoxy) is 1. The topological polar surface area (TPSA) is 42.4 Å². The Morgan fingerprint density at radius 1 is 1.22 bits per heavy atom. The highest BCUT2D eigenvalue weighted by atomic mass is 19.1. The number of hydrogen-bond acceptors (Lipinski definition) is 3. The average molecular weight is 247 g/mol. The van der Waals surface area contributed by atoms with Crippen LogP contribution in [-0.2, 0) is 6.61 Å². The largest absolute Gasteiger partial charge is 0.438 e. The molecule has 94 valence electrons. The molecule has 0 aliphatic rings. The number of halogens is 1. The van der Waals surface area contributed by atoms with Gasteiger partial charge in [0.1, 0.15) is 11.6 Å². The SMILES string of the molecule is Cc1ccc(F)cc1Oc1ncc(CO)cc1C. The van der Waals surface area contributed by atoms with Gasteiger partial charge in [-0.1, -0.05) is 6.07 Å². The lowest BCUT2D eigenvalue weighted by molar-refractivity contribution is 0.281. The second-order valence-electron chi connectivity index (χ2n) is 4.14. The molecule has 0 fully saturated rings. The minimum Gasteiger partial charge on any atom is -0.438 e. The first-order chi connectivity index (χ1) is 8.60. The van der Waals surface area contributed by atoms with E-state index in [-0.39, 0.29) is 12.4 Å². The highest BCUT2D eigenvalue weighted by Gasteiger charge is 2.07. The van der Waals surface area contributed by atoms with Crippen LogP contribution in [0.5, 0.6) is 11.6 Å². The van der Waals surface area contributed by atoms with Crippen LogP contribution in [0.4, 0.5) is 4.39 Å². The molecule has 1 heterocycles. The van der Waals surface area contributed by atoms with Gasteiger partial charge in [-0.25, -0.2) is 9.37 Å². The lowest BCUT2D eigenvalue weighted by Gasteiger charge is -2.10. The van der Waals surface area contributed by atoms with E-state index < -0.39 is 0 Å². The number of rotatable bonds is 3. The summed E-state index contributed by atoms with van der Waals surface area (Å²) >= 11 is 0. The summed E-state index contributed by atoms with van der Waals surface area (Å²) in [5, 5.41) is 8.99. The molecule has 0 radical (unpaired) electrons. The van der Waals surface area contributed by atoms with E-state index in [1.165, 1.54) is 18.3 Å². The molecule has 1 aromatic heterocycles. The quantitative estimate of drug-likeness (QED) is 0.906. The fourth-order valence-corrected chi connectivity index (χ4v) is 1.60. The summed E-state index contributed by atoms with van der Waals surface area (Å²) in [6.45, 7) is 3.61. The normalized spacial score (nSPS) is 10.4. The van der Waals surface area contributed by atoms with Crippen molar-refractivity contribution in [3.63, 3.8) is 0 Å². The van der Waals surface area contributed by atoms with Gasteiger partial charge in [0.15, 0.2) is 0 Å². The van der Waals surface area contributed by atoms with E-state index in [0.29, 0.717) is 11.6 Å². The number of aliphatic hydroxyl groups is 1. The maximum absolute atomic E-state index is 13.1. The lowest BCUT2D eigenvalue weighted by Crippen LogP contribution is -1.95. The standard InChI is InChI=1S/C14H14FNO2/c1-9-3-4-12(15)6-13(9)18-14-10(2)5-11(8-17)7-16-14/h3-7,17H,8H2,1-2H3. The van der Waals surface area contributed by atoms with Crippen LogP contribution in [0, 0.1) is 19.7 Å². The summed E-state index contributed by atoms with van der Waals surface area (Å²) in [4.78, 5) is 4.11. The molecule has 0 atom stereocenters. The van der Waals surface area contributed by atoms with Crippen LogP contribution in [0.15, 0.2) is 30.5 Å². The van der Waals surface area contributed by atoms with Crippen LogP contribution in [0.25, 0.3) is 0 Å². The predicted molar refractivity (Wildman–Crippen MR) is 66.1 cm³/mol. The van der Waals surface area contributed by atoms with Crippen molar-refractivity contribution in [2.45, 2.75) is 20.5 Å². The summed E-state index contributed by atoms with van der Waals surface area (Å²) in [7, 11) is 0. The third-order valence-corrected chi connectivity index (χ3v) is 2.63. The number of hydrogen-bond donors (Lipinski definition) is 1. The van der Waals surface area contributed by atoms with Crippen LogP contribution < -0.4 is 4.74 Å². The Kier molecular flexibility index (Phi) is 3.58. The highest BCUT2D eigenvalue weighted by molar-refractivity contribution is 5.38. The van der Waals surface area contributed by atoms with Crippen LogP contribution in [0.2, 0.25) is 0 Å². The Morgan fingerprint density at radius 3 is 2.67 bits per heavy atom. The Morgan fingerprint density at radius 2 is 2.00 bits per heavy atom. The van der Waals surface area contributed by atoms with Gasteiger partial charge in [0.05, 0.1) is 6.61 Å². The summed E-state index contributed by atoms with van der Waals surface area (Å²) in [5.41, 5.74) is 2.35. The molecule has 0 unspecified atom stereocenters. The molecule has 3 nitrogen and oxygen atoms in total. The third-order valence-electron chi connectivity index (χ3n) is 2.63. The maximum Gasteiger partial charge on any atom is 0.222 e. The Balaban J connectivity index is 2.31. The van der Waals surface area contributed by atoms with Gasteiger partial charge in [-0.15, -0.1) is 0 Å². The maximum atomic E-state index is 13.1. The second-order valence-corrected chi connectivity index (χ2v) is 4.14. The summed E-state index contributed by atoms with van der Waals surface area (Å²) < 4.78 is 18.7. The fraction of sp³-hybridized carbons (Fsp3) is 0.214. The summed E-state index contributed by atoms with van der Waals surface area (Å²) in [6.07, 6.45) is 1.54. The molecule has 2 aromatic rings. The van der Waals surface area contributed by atoms with Gasteiger partial charge < -0.3 is 9.84 Å². The van der Waals surface area contributed by atoms with Gasteiger partial charge in [-0.2, -0.15) is 0 Å². The number of aromatic nitrogens is 1. The van der Waals surface area contributed by atoms with E-state index in [2.05, 4.69) is 4.98 Å². The molecular formula is C14H14FNO2. The number of aryl methyl sites for hydroxylation is 2. The molecule has 0 aliphatic heterocycles. The van der Waals surface area contributed by atoms with Crippen molar-refractivity contribution in [1.82, 2.24) is 4.98 Å². The molecule has 0 aliphatic carbocycles. The average Bonchev–Trinajstić information content (AvgIpc) is 2.36. The molecule has 0 saturated heterocycles. The zero-order valence-electron chi connectivity index (χ0n) is 10.3. The predicted octanol–water partition coefficient (Wildman–Crippen LogP) is 3.12. The van der Waals surface area contributed by atoms with Crippen molar-refractivity contribution in [1.29, 1.82) is 0 Å². The minimum absolute atomic E-state index is 0.0624. The number of nitrogens with zero attached hydrogens (tertiary/aromatic N) is 1. The molecule has 4 heteroatoms. The molecule has 1 N–H and O–H groups in total. The molecule has 0 spiro atoms. The van der Waals surface area contributed by atoms with E-state index in [0.717, 1.165) is 16.7 Å². The Bertz CT molecular complexity index is 570. The summed E-state index contributed by atoms with van der Waals surface area (Å²) in [6, 6.07) is 6.16. The van der Waals surface area contributed by atoms with Gasteiger partial charge in [-0.05, 0) is 37.1 Å². The molecule has 2 rings (SSSR count). The first-order valence-electron chi connectivity index (χ1n) is 5.60. The van der Waals surface area contributed by atoms with E-state index >= 15 is 0 Å². The molecule has 18 heavy (non-hydrogen) atoms. The molecular weight excluding hydrogens is 233 g/mol. The minimum atomic E-state index is -0.347. The monoisotopic (exact) mass is 247 g/mol. The van der Waals surface area contributed by atoms with Crippen LogP contribution in [0.3, 0.4) is 0 Å². The van der Waals surface area contributed by atoms with Gasteiger partial charge >= 0.3 is 0 Å². The molecule has 0 saturated carbocycles. The van der Waals surface area contributed by atoms with Crippen molar-refractivity contribution >= 4 is 0 Å². The zero-order valence-corrected chi connectivity index (χ0v) is 10.3. The Hall–Kier alpha value is -1.94. The summed E-state index contributed by atoms with van der Waals surface area (Å²) in [5.74, 6) is 0.517. The van der Waals surface area contributed by atoms with Crippen molar-refractivity contribution in [2.75, 3.05) is 0 Å². The first-order valence-corrected chi connectivity index (χ1v) is 5.60.